The van der Waals surface area contributed by atoms with Gasteiger partial charge in [-0.05, 0) is 43.2 Å². The molecule has 1 fully saturated rings. The Morgan fingerprint density at radius 1 is 1.00 bits per heavy atom. The molecule has 31 heavy (non-hydrogen) atoms. The third kappa shape index (κ3) is 5.04. The Bertz CT molecular complexity index is 1040. The molecule has 2 heterocycles. The van der Waals surface area contributed by atoms with Gasteiger partial charge in [0.05, 0.1) is 18.4 Å². The minimum Gasteiger partial charge on any atom is -0.496 e. The highest BCUT2D eigenvalue weighted by molar-refractivity contribution is 5.68. The lowest BCUT2D eigenvalue weighted by molar-refractivity contribution is -0.138. The molecule has 0 spiro atoms. The van der Waals surface area contributed by atoms with Crippen LogP contribution in [0.15, 0.2) is 48.8 Å². The maximum absolute atomic E-state index is 13.4. The highest BCUT2D eigenvalue weighted by Crippen LogP contribution is 2.38. The standard InChI is InChI=1S/C22H22F3N5O/c1-31-19-7-6-16(12-17(19)22(23,24)25)27-20-13-18(14-8-10-26-11-9-14)29-21(30-20)28-15-4-2-3-5-15/h6-13,15H,2-5H2,1H3,(H2,27,28,29,30). The lowest BCUT2D eigenvalue weighted by atomic mass is 10.1. The number of hydrogen-bond donors (Lipinski definition) is 2. The second-order valence-corrected chi connectivity index (χ2v) is 7.36. The number of methoxy groups -OCH3 is 1. The highest BCUT2D eigenvalue weighted by atomic mass is 19.4. The van der Waals surface area contributed by atoms with E-state index in [0.717, 1.165) is 37.3 Å². The summed E-state index contributed by atoms with van der Waals surface area (Å²) in [7, 11) is 1.21. The fourth-order valence-corrected chi connectivity index (χ4v) is 3.65. The topological polar surface area (TPSA) is 72.0 Å². The lowest BCUT2D eigenvalue weighted by Crippen LogP contribution is -2.17. The van der Waals surface area contributed by atoms with Gasteiger partial charge in [0.25, 0.3) is 0 Å². The van der Waals surface area contributed by atoms with Crippen molar-refractivity contribution in [3.63, 3.8) is 0 Å². The van der Waals surface area contributed by atoms with Gasteiger partial charge in [-0.25, -0.2) is 4.98 Å². The van der Waals surface area contributed by atoms with Crippen molar-refractivity contribution in [2.75, 3.05) is 17.7 Å². The smallest absolute Gasteiger partial charge is 0.420 e. The Balaban J connectivity index is 1.68. The zero-order valence-corrected chi connectivity index (χ0v) is 16.9. The van der Waals surface area contributed by atoms with Crippen LogP contribution in [0, 0.1) is 0 Å². The number of nitrogens with zero attached hydrogens (tertiary/aromatic N) is 3. The molecule has 1 aliphatic rings. The Morgan fingerprint density at radius 2 is 1.74 bits per heavy atom. The molecule has 6 nitrogen and oxygen atoms in total. The number of nitrogens with one attached hydrogen (secondary N) is 2. The van der Waals surface area contributed by atoms with Crippen LogP contribution in [-0.4, -0.2) is 28.1 Å². The molecule has 2 aromatic heterocycles. The molecule has 3 aromatic rings. The van der Waals surface area contributed by atoms with E-state index in [4.69, 9.17) is 4.74 Å². The van der Waals surface area contributed by atoms with Gasteiger partial charge in [-0.15, -0.1) is 0 Å². The van der Waals surface area contributed by atoms with Crippen molar-refractivity contribution in [1.29, 1.82) is 0 Å². The van der Waals surface area contributed by atoms with Crippen LogP contribution in [0.25, 0.3) is 11.3 Å². The van der Waals surface area contributed by atoms with E-state index in [2.05, 4.69) is 25.6 Å². The molecule has 0 aliphatic heterocycles. The van der Waals surface area contributed by atoms with Gasteiger partial charge in [0.15, 0.2) is 0 Å². The summed E-state index contributed by atoms with van der Waals surface area (Å²) < 4.78 is 45.0. The van der Waals surface area contributed by atoms with E-state index in [1.807, 2.05) is 12.1 Å². The number of pyridine rings is 1. The summed E-state index contributed by atoms with van der Waals surface area (Å²) in [5.74, 6) is 0.593. The number of benzene rings is 1. The minimum absolute atomic E-state index is 0.234. The maximum atomic E-state index is 13.4. The van der Waals surface area contributed by atoms with Crippen LogP contribution in [-0.2, 0) is 6.18 Å². The predicted molar refractivity (Wildman–Crippen MR) is 112 cm³/mol. The van der Waals surface area contributed by atoms with E-state index in [1.165, 1.54) is 19.2 Å². The number of hydrogen-bond acceptors (Lipinski definition) is 6. The summed E-state index contributed by atoms with van der Waals surface area (Å²) in [5.41, 5.74) is 0.873. The summed E-state index contributed by atoms with van der Waals surface area (Å²) in [6.07, 6.45) is 3.17. The van der Waals surface area contributed by atoms with E-state index >= 15 is 0 Å². The molecule has 0 amide bonds. The van der Waals surface area contributed by atoms with Crippen molar-refractivity contribution in [2.45, 2.75) is 37.9 Å². The van der Waals surface area contributed by atoms with Gasteiger partial charge in [0.2, 0.25) is 5.95 Å². The van der Waals surface area contributed by atoms with Crippen LogP contribution in [0.5, 0.6) is 5.75 Å². The molecular weight excluding hydrogens is 407 g/mol. The first-order chi connectivity index (χ1) is 14.9. The number of halogens is 3. The van der Waals surface area contributed by atoms with E-state index < -0.39 is 11.7 Å². The van der Waals surface area contributed by atoms with Crippen LogP contribution in [0.3, 0.4) is 0 Å². The summed E-state index contributed by atoms with van der Waals surface area (Å²) >= 11 is 0. The van der Waals surface area contributed by atoms with Crippen molar-refractivity contribution in [3.05, 3.63) is 54.4 Å². The van der Waals surface area contributed by atoms with Crippen LogP contribution < -0.4 is 15.4 Å². The van der Waals surface area contributed by atoms with Gasteiger partial charge in [-0.3, -0.25) is 4.98 Å². The molecule has 0 saturated heterocycles. The number of ether oxygens (including phenoxy) is 1. The molecule has 1 saturated carbocycles. The zero-order chi connectivity index (χ0) is 21.8. The molecule has 0 bridgehead atoms. The molecule has 0 atom stereocenters. The van der Waals surface area contributed by atoms with Crippen molar-refractivity contribution in [3.8, 4) is 17.0 Å². The lowest BCUT2D eigenvalue weighted by Gasteiger charge is -2.16. The maximum Gasteiger partial charge on any atom is 0.420 e. The SMILES string of the molecule is COc1ccc(Nc2cc(-c3ccncc3)nc(NC3CCCC3)n2)cc1C(F)(F)F. The van der Waals surface area contributed by atoms with Crippen LogP contribution in [0.4, 0.5) is 30.6 Å². The normalized spacial score (nSPS) is 14.5. The van der Waals surface area contributed by atoms with Crippen LogP contribution in [0.2, 0.25) is 0 Å². The predicted octanol–water partition coefficient (Wildman–Crippen LogP) is 5.66. The summed E-state index contributed by atoms with van der Waals surface area (Å²) in [4.78, 5) is 13.1. The first-order valence-corrected chi connectivity index (χ1v) is 10.0. The van der Waals surface area contributed by atoms with E-state index in [-0.39, 0.29) is 11.4 Å². The average molecular weight is 429 g/mol. The quantitative estimate of drug-likeness (QED) is 0.527. The first-order valence-electron chi connectivity index (χ1n) is 10.0. The zero-order valence-electron chi connectivity index (χ0n) is 16.9. The second-order valence-electron chi connectivity index (χ2n) is 7.36. The third-order valence-electron chi connectivity index (χ3n) is 5.17. The summed E-state index contributed by atoms with van der Waals surface area (Å²) in [5, 5.41) is 6.33. The molecule has 162 valence electrons. The van der Waals surface area contributed by atoms with Gasteiger partial charge in [-0.1, -0.05) is 12.8 Å². The van der Waals surface area contributed by atoms with Gasteiger partial charge in [0, 0.05) is 35.8 Å². The molecule has 2 N–H and O–H groups in total. The fraction of sp³-hybridized carbons (Fsp3) is 0.318. The van der Waals surface area contributed by atoms with Crippen molar-refractivity contribution in [1.82, 2.24) is 15.0 Å². The molecular formula is C22H22F3N5O. The molecule has 1 aromatic carbocycles. The van der Waals surface area contributed by atoms with Crippen LogP contribution in [0.1, 0.15) is 31.2 Å². The van der Waals surface area contributed by atoms with E-state index in [9.17, 15) is 13.2 Å². The van der Waals surface area contributed by atoms with Crippen molar-refractivity contribution in [2.24, 2.45) is 0 Å². The van der Waals surface area contributed by atoms with Gasteiger partial charge in [0.1, 0.15) is 11.6 Å². The van der Waals surface area contributed by atoms with Gasteiger partial charge in [-0.2, -0.15) is 18.2 Å². The third-order valence-corrected chi connectivity index (χ3v) is 5.17. The van der Waals surface area contributed by atoms with E-state index in [0.29, 0.717) is 23.5 Å². The molecule has 0 unspecified atom stereocenters. The largest absolute Gasteiger partial charge is 0.496 e. The van der Waals surface area contributed by atoms with E-state index in [1.54, 1.807) is 18.5 Å². The molecule has 0 radical (unpaired) electrons. The van der Waals surface area contributed by atoms with Gasteiger partial charge < -0.3 is 15.4 Å². The number of aromatic nitrogens is 3. The Kier molecular flexibility index (Phi) is 5.92. The van der Waals surface area contributed by atoms with Crippen molar-refractivity contribution >= 4 is 17.5 Å². The Morgan fingerprint density at radius 3 is 2.42 bits per heavy atom. The Hall–Kier alpha value is -3.36. The van der Waals surface area contributed by atoms with Crippen molar-refractivity contribution < 1.29 is 17.9 Å². The number of anilines is 3. The Labute approximate surface area is 177 Å². The molecule has 9 heteroatoms. The number of alkyl halides is 3. The first kappa shape index (κ1) is 20.9. The average Bonchev–Trinajstić information content (AvgIpc) is 3.26. The summed E-state index contributed by atoms with van der Waals surface area (Å²) in [6.45, 7) is 0. The second kappa shape index (κ2) is 8.79. The highest BCUT2D eigenvalue weighted by Gasteiger charge is 2.34. The molecule has 4 rings (SSSR count). The fourth-order valence-electron chi connectivity index (χ4n) is 3.65. The summed E-state index contributed by atoms with van der Waals surface area (Å²) in [6, 6.07) is 9.45. The minimum atomic E-state index is -4.54. The molecule has 1 aliphatic carbocycles. The monoisotopic (exact) mass is 429 g/mol. The van der Waals surface area contributed by atoms with Crippen LogP contribution >= 0.6 is 0 Å². The number of rotatable bonds is 6. The van der Waals surface area contributed by atoms with Gasteiger partial charge >= 0.3 is 6.18 Å².